The predicted octanol–water partition coefficient (Wildman–Crippen LogP) is 1.21. The Morgan fingerprint density at radius 3 is 2.29 bits per heavy atom. The molecule has 1 aliphatic rings. The molecule has 0 amide bonds. The Morgan fingerprint density at radius 1 is 1.21 bits per heavy atom. The Morgan fingerprint density at radius 2 is 1.79 bits per heavy atom. The molecule has 84 valence electrons. The number of rotatable bonds is 4. The van der Waals surface area contributed by atoms with Crippen LogP contribution in [0.1, 0.15) is 38.5 Å². The molecular formula is C9H18O4S. The Labute approximate surface area is 85.1 Å². The molecule has 5 heteroatoms. The minimum atomic E-state index is -4.02. The van der Waals surface area contributed by atoms with Crippen molar-refractivity contribution in [2.75, 3.05) is 5.75 Å². The highest BCUT2D eigenvalue weighted by molar-refractivity contribution is 7.85. The summed E-state index contributed by atoms with van der Waals surface area (Å²) in [5.74, 6) is -0.0933. The van der Waals surface area contributed by atoms with Crippen molar-refractivity contribution in [1.82, 2.24) is 0 Å². The van der Waals surface area contributed by atoms with Crippen molar-refractivity contribution in [2.24, 2.45) is 5.92 Å². The highest BCUT2D eigenvalue weighted by atomic mass is 32.2. The van der Waals surface area contributed by atoms with Gasteiger partial charge in [-0.15, -0.1) is 0 Å². The van der Waals surface area contributed by atoms with Crippen LogP contribution in [0.2, 0.25) is 0 Å². The Balaban J connectivity index is 2.28. The molecule has 1 saturated carbocycles. The lowest BCUT2D eigenvalue weighted by Crippen LogP contribution is -2.24. The molecule has 1 rings (SSSR count). The first-order valence-electron chi connectivity index (χ1n) is 5.10. The number of aliphatic hydroxyl groups excluding tert-OH is 1. The van der Waals surface area contributed by atoms with Gasteiger partial charge < -0.3 is 5.11 Å². The molecule has 1 fully saturated rings. The van der Waals surface area contributed by atoms with Gasteiger partial charge in [0.15, 0.2) is 0 Å². The molecule has 1 unspecified atom stereocenters. The van der Waals surface area contributed by atoms with Gasteiger partial charge in [0.25, 0.3) is 10.1 Å². The number of aliphatic hydroxyl groups is 1. The fourth-order valence-electron chi connectivity index (χ4n) is 2.12. The Bertz CT molecular complexity index is 254. The van der Waals surface area contributed by atoms with E-state index in [0.717, 1.165) is 12.8 Å². The van der Waals surface area contributed by atoms with E-state index < -0.39 is 22.0 Å². The molecule has 1 atom stereocenters. The van der Waals surface area contributed by atoms with Crippen molar-refractivity contribution in [3.63, 3.8) is 0 Å². The van der Waals surface area contributed by atoms with Gasteiger partial charge in [0, 0.05) is 0 Å². The summed E-state index contributed by atoms with van der Waals surface area (Å²) in [7, 11) is -4.02. The summed E-state index contributed by atoms with van der Waals surface area (Å²) >= 11 is 0. The lowest BCUT2D eigenvalue weighted by molar-refractivity contribution is 0.147. The predicted molar refractivity (Wildman–Crippen MR) is 53.6 cm³/mol. The first kappa shape index (κ1) is 11.9. The van der Waals surface area contributed by atoms with E-state index >= 15 is 0 Å². The highest BCUT2D eigenvalue weighted by Crippen LogP contribution is 2.27. The average Bonchev–Trinajstić information content (AvgIpc) is 2.02. The summed E-state index contributed by atoms with van der Waals surface area (Å²) < 4.78 is 29.5. The molecule has 14 heavy (non-hydrogen) atoms. The zero-order valence-corrected chi connectivity index (χ0v) is 9.04. The first-order valence-corrected chi connectivity index (χ1v) is 6.71. The molecular weight excluding hydrogens is 204 g/mol. The smallest absolute Gasteiger partial charge is 0.267 e. The first-order chi connectivity index (χ1) is 6.47. The van der Waals surface area contributed by atoms with Gasteiger partial charge in [-0.05, 0) is 12.3 Å². The number of hydrogen-bond donors (Lipinski definition) is 2. The monoisotopic (exact) mass is 222 g/mol. The van der Waals surface area contributed by atoms with Crippen LogP contribution in [0.4, 0.5) is 0 Å². The third-order valence-corrected chi connectivity index (χ3v) is 3.54. The molecule has 0 heterocycles. The van der Waals surface area contributed by atoms with Gasteiger partial charge in [0.1, 0.15) is 5.75 Å². The van der Waals surface area contributed by atoms with E-state index in [0.29, 0.717) is 12.3 Å². The quantitative estimate of drug-likeness (QED) is 0.701. The van der Waals surface area contributed by atoms with Gasteiger partial charge in [0.05, 0.1) is 6.10 Å². The second-order valence-corrected chi connectivity index (χ2v) is 5.64. The van der Waals surface area contributed by atoms with Crippen LogP contribution < -0.4 is 0 Å². The summed E-state index contributed by atoms with van der Waals surface area (Å²) in [4.78, 5) is 0. The minimum Gasteiger partial charge on any atom is -0.392 e. The van der Waals surface area contributed by atoms with Crippen LogP contribution >= 0.6 is 0 Å². The molecule has 0 aromatic rings. The molecule has 0 aliphatic heterocycles. The summed E-state index contributed by atoms with van der Waals surface area (Å²) in [6.07, 6.45) is 5.32. The van der Waals surface area contributed by atoms with Crippen molar-refractivity contribution in [3.8, 4) is 0 Å². The van der Waals surface area contributed by atoms with Crippen molar-refractivity contribution in [3.05, 3.63) is 0 Å². The van der Waals surface area contributed by atoms with Crippen molar-refractivity contribution in [2.45, 2.75) is 44.6 Å². The largest absolute Gasteiger partial charge is 0.392 e. The molecule has 2 N–H and O–H groups in total. The van der Waals surface area contributed by atoms with Crippen LogP contribution in [0.15, 0.2) is 0 Å². The third-order valence-electron chi connectivity index (χ3n) is 2.73. The van der Waals surface area contributed by atoms with Crippen molar-refractivity contribution >= 4 is 10.1 Å². The van der Waals surface area contributed by atoms with Crippen LogP contribution in [-0.2, 0) is 10.1 Å². The summed E-state index contributed by atoms with van der Waals surface area (Å²) in [6, 6.07) is 0. The minimum absolute atomic E-state index is 0.431. The molecule has 1 aliphatic carbocycles. The second-order valence-electron chi connectivity index (χ2n) is 4.14. The van der Waals surface area contributed by atoms with Crippen LogP contribution in [-0.4, -0.2) is 29.9 Å². The number of hydrogen-bond acceptors (Lipinski definition) is 3. The summed E-state index contributed by atoms with van der Waals surface area (Å²) in [5, 5.41) is 9.40. The lowest BCUT2D eigenvalue weighted by Gasteiger charge is -2.23. The van der Waals surface area contributed by atoms with Crippen molar-refractivity contribution < 1.29 is 18.1 Å². The van der Waals surface area contributed by atoms with Gasteiger partial charge in [-0.25, -0.2) is 0 Å². The Hall–Kier alpha value is -0.130. The fourth-order valence-corrected chi connectivity index (χ4v) is 2.74. The van der Waals surface area contributed by atoms with Crippen LogP contribution in [0, 0.1) is 5.92 Å². The van der Waals surface area contributed by atoms with Crippen LogP contribution in [0.5, 0.6) is 0 Å². The zero-order chi connectivity index (χ0) is 10.6. The van der Waals surface area contributed by atoms with E-state index in [9.17, 15) is 13.5 Å². The molecule has 0 aromatic carbocycles. The van der Waals surface area contributed by atoms with Crippen LogP contribution in [0.3, 0.4) is 0 Å². The van der Waals surface area contributed by atoms with E-state index in [1.165, 1.54) is 19.3 Å². The van der Waals surface area contributed by atoms with E-state index in [4.69, 9.17) is 4.55 Å². The standard InChI is InChI=1S/C9H18O4S/c10-9(7-14(11,12)13)6-8-4-2-1-3-5-8/h8-10H,1-7H2,(H,11,12,13). The third kappa shape index (κ3) is 4.93. The van der Waals surface area contributed by atoms with E-state index in [1.54, 1.807) is 0 Å². The van der Waals surface area contributed by atoms with E-state index in [1.807, 2.05) is 0 Å². The molecule has 4 nitrogen and oxygen atoms in total. The van der Waals surface area contributed by atoms with Gasteiger partial charge in [0.2, 0.25) is 0 Å². The highest BCUT2D eigenvalue weighted by Gasteiger charge is 2.20. The molecule has 0 aromatic heterocycles. The maximum atomic E-state index is 10.5. The molecule has 0 bridgehead atoms. The average molecular weight is 222 g/mol. The van der Waals surface area contributed by atoms with Crippen LogP contribution in [0.25, 0.3) is 0 Å². The summed E-state index contributed by atoms with van der Waals surface area (Å²) in [5.41, 5.74) is 0. The zero-order valence-electron chi connectivity index (χ0n) is 8.22. The van der Waals surface area contributed by atoms with Crippen molar-refractivity contribution in [1.29, 1.82) is 0 Å². The van der Waals surface area contributed by atoms with Gasteiger partial charge >= 0.3 is 0 Å². The molecule has 0 radical (unpaired) electrons. The van der Waals surface area contributed by atoms with E-state index in [-0.39, 0.29) is 0 Å². The van der Waals surface area contributed by atoms with Gasteiger partial charge in [-0.1, -0.05) is 32.1 Å². The van der Waals surface area contributed by atoms with Gasteiger partial charge in [-0.3, -0.25) is 4.55 Å². The molecule has 0 spiro atoms. The lowest BCUT2D eigenvalue weighted by atomic mass is 9.86. The fraction of sp³-hybridized carbons (Fsp3) is 1.00. The normalized spacial score (nSPS) is 22.1. The maximum Gasteiger partial charge on any atom is 0.267 e. The second kappa shape index (κ2) is 5.09. The Kier molecular flexibility index (Phi) is 4.34. The van der Waals surface area contributed by atoms with E-state index in [2.05, 4.69) is 0 Å². The molecule has 0 saturated heterocycles. The summed E-state index contributed by atoms with van der Waals surface area (Å²) in [6.45, 7) is 0. The maximum absolute atomic E-state index is 10.5. The van der Waals surface area contributed by atoms with Gasteiger partial charge in [-0.2, -0.15) is 8.42 Å². The SMILES string of the molecule is O=S(=O)(O)CC(O)CC1CCCCC1. The topological polar surface area (TPSA) is 74.6 Å².